The molecule has 2 N–H and O–H groups in total. The lowest BCUT2D eigenvalue weighted by molar-refractivity contribution is -0.153. The summed E-state index contributed by atoms with van der Waals surface area (Å²) in [5.41, 5.74) is 1.29. The normalized spacial score (nSPS) is 15.0. The van der Waals surface area contributed by atoms with E-state index in [1.54, 1.807) is 60.7 Å². The molecule has 324 valence electrons. The summed E-state index contributed by atoms with van der Waals surface area (Å²) in [5, 5.41) is 8.84. The van der Waals surface area contributed by atoms with Gasteiger partial charge in [0.15, 0.2) is 8.42 Å². The number of thiophene rings is 2. The van der Waals surface area contributed by atoms with E-state index < -0.39 is 65.7 Å². The standard InChI is InChI=1S/C39H34F6N4O8S4/c40-38(41,42)26(32-24-20-56-28-16-30(60(50,51)52)58-36(28)34(24)48(46-32)18-22-10-4-1-5-11-22)14-8-3-9-15-27(39(43,44)45)33-25-21-57-29-17-31(61(53,54)55)59-37(29)35(25)49(47-33)19-23-12-6-2-7-13-23/h1-2,4-7,10-13,16-17,26-27H,3,8-9,14-15,18-21H2,(H,50,51,52)(H,53,54,55). The highest BCUT2D eigenvalue weighted by atomic mass is 32.3. The van der Waals surface area contributed by atoms with Crippen molar-refractivity contribution in [3.05, 3.63) is 106 Å². The van der Waals surface area contributed by atoms with Gasteiger partial charge in [0.05, 0.1) is 57.5 Å². The molecule has 0 amide bonds. The van der Waals surface area contributed by atoms with Crippen LogP contribution in [0.1, 0.15) is 77.6 Å². The third-order valence-corrected chi connectivity index (χ3v) is 15.3. The minimum atomic E-state index is -4.83. The minimum absolute atomic E-state index is 0.0222. The number of rotatable bonds is 14. The topological polar surface area (TPSA) is 163 Å². The Hall–Kier alpha value is -4.74. The summed E-state index contributed by atoms with van der Waals surface area (Å²) < 4.78 is 170. The first kappa shape index (κ1) is 42.9. The van der Waals surface area contributed by atoms with Gasteiger partial charge in [0.1, 0.15) is 24.7 Å². The van der Waals surface area contributed by atoms with Crippen molar-refractivity contribution in [3.8, 4) is 32.6 Å². The molecule has 2 unspecified atom stereocenters. The lowest BCUT2D eigenvalue weighted by Gasteiger charge is -2.22. The largest absolute Gasteiger partial charge is 0.487 e. The second kappa shape index (κ2) is 16.2. The Labute approximate surface area is 352 Å². The van der Waals surface area contributed by atoms with Crippen LogP contribution in [0.5, 0.6) is 11.5 Å². The molecule has 0 saturated heterocycles. The highest BCUT2D eigenvalue weighted by Crippen LogP contribution is 2.51. The van der Waals surface area contributed by atoms with Gasteiger partial charge in [0, 0.05) is 23.3 Å². The second-order valence-electron chi connectivity index (χ2n) is 14.6. The van der Waals surface area contributed by atoms with Gasteiger partial charge in [-0.3, -0.25) is 18.5 Å². The van der Waals surface area contributed by atoms with E-state index in [1.165, 1.54) is 9.36 Å². The summed E-state index contributed by atoms with van der Waals surface area (Å²) in [6, 6.07) is 19.7. The molecule has 4 aromatic heterocycles. The number of unbranched alkanes of at least 4 members (excludes halogenated alkanes) is 2. The number of fused-ring (bicyclic) bond motifs is 6. The Kier molecular flexibility index (Phi) is 11.4. The Morgan fingerprint density at radius 1 is 0.623 bits per heavy atom. The summed E-state index contributed by atoms with van der Waals surface area (Å²) in [6.45, 7) is -0.695. The molecule has 6 aromatic rings. The molecule has 0 spiro atoms. The van der Waals surface area contributed by atoms with Crippen LogP contribution in [-0.2, 0) is 46.5 Å². The molecule has 6 heterocycles. The van der Waals surface area contributed by atoms with E-state index >= 15 is 0 Å². The number of alkyl halides is 6. The van der Waals surface area contributed by atoms with E-state index in [-0.39, 0.29) is 101 Å². The quantitative estimate of drug-likeness (QED) is 0.0611. The maximum absolute atomic E-state index is 15.0. The van der Waals surface area contributed by atoms with Gasteiger partial charge in [0.25, 0.3) is 0 Å². The molecule has 61 heavy (non-hydrogen) atoms. The molecular formula is C39H34F6N4O8S4. The Morgan fingerprint density at radius 2 is 1.00 bits per heavy atom. The zero-order valence-corrected chi connectivity index (χ0v) is 34.7. The third kappa shape index (κ3) is 8.83. The van der Waals surface area contributed by atoms with Crippen LogP contribution in [0.4, 0.5) is 26.3 Å². The molecule has 2 aliphatic rings. The fourth-order valence-corrected chi connectivity index (χ4v) is 11.4. The summed E-state index contributed by atoms with van der Waals surface area (Å²) in [4.78, 5) is 0.353. The van der Waals surface area contributed by atoms with Crippen molar-refractivity contribution in [1.82, 2.24) is 19.6 Å². The van der Waals surface area contributed by atoms with Gasteiger partial charge in [-0.15, -0.1) is 22.7 Å². The number of aromatic nitrogens is 4. The maximum atomic E-state index is 15.0. The molecule has 0 radical (unpaired) electrons. The monoisotopic (exact) mass is 928 g/mol. The fourth-order valence-electron chi connectivity index (χ4n) is 7.72. The summed E-state index contributed by atoms with van der Waals surface area (Å²) in [7, 11) is -9.34. The predicted molar refractivity (Wildman–Crippen MR) is 211 cm³/mol. The van der Waals surface area contributed by atoms with Gasteiger partial charge in [-0.05, 0) is 24.0 Å². The smallest absolute Gasteiger partial charge is 0.397 e. The number of benzene rings is 2. The van der Waals surface area contributed by atoms with E-state index in [0.717, 1.165) is 12.1 Å². The Balaban J connectivity index is 1.06. The van der Waals surface area contributed by atoms with Gasteiger partial charge >= 0.3 is 32.6 Å². The first-order valence-electron chi connectivity index (χ1n) is 18.7. The van der Waals surface area contributed by atoms with Gasteiger partial charge in [-0.2, -0.15) is 53.4 Å². The van der Waals surface area contributed by atoms with Crippen molar-refractivity contribution in [1.29, 1.82) is 0 Å². The highest BCUT2D eigenvalue weighted by Gasteiger charge is 2.47. The van der Waals surface area contributed by atoms with Crippen LogP contribution in [0.25, 0.3) is 21.1 Å². The first-order chi connectivity index (χ1) is 28.8. The number of hydrogen-bond acceptors (Lipinski definition) is 10. The van der Waals surface area contributed by atoms with Gasteiger partial charge in [-0.25, -0.2) is 0 Å². The van der Waals surface area contributed by atoms with Gasteiger partial charge in [0.2, 0.25) is 0 Å². The Morgan fingerprint density at radius 3 is 1.34 bits per heavy atom. The van der Waals surface area contributed by atoms with Crippen LogP contribution in [0.15, 0.2) is 81.2 Å². The number of hydrogen-bond donors (Lipinski definition) is 2. The number of halogens is 6. The molecule has 2 aliphatic heterocycles. The molecule has 12 nitrogen and oxygen atoms in total. The first-order valence-corrected chi connectivity index (χ1v) is 23.2. The van der Waals surface area contributed by atoms with Crippen LogP contribution in [0.2, 0.25) is 0 Å². The second-order valence-corrected chi connectivity index (χ2v) is 20.0. The number of nitrogens with zero attached hydrogens (tertiary/aromatic N) is 4. The molecule has 8 rings (SSSR count). The van der Waals surface area contributed by atoms with E-state index in [0.29, 0.717) is 33.8 Å². The van der Waals surface area contributed by atoms with Gasteiger partial charge < -0.3 is 9.47 Å². The summed E-state index contributed by atoms with van der Waals surface area (Å²) in [6.07, 6.45) is -11.0. The maximum Gasteiger partial charge on any atom is 0.397 e. The minimum Gasteiger partial charge on any atom is -0.487 e. The number of ether oxygens (including phenoxy) is 2. The van der Waals surface area contributed by atoms with Crippen molar-refractivity contribution in [2.45, 2.75) is 91.0 Å². The average molecular weight is 929 g/mol. The molecule has 0 fully saturated rings. The van der Waals surface area contributed by atoms with Crippen molar-refractivity contribution >= 4 is 42.9 Å². The van der Waals surface area contributed by atoms with Crippen LogP contribution >= 0.6 is 22.7 Å². The van der Waals surface area contributed by atoms with E-state index in [9.17, 15) is 52.3 Å². The van der Waals surface area contributed by atoms with Crippen LogP contribution in [0, 0.1) is 0 Å². The fraction of sp³-hybridized carbons (Fsp3) is 0.333. The molecule has 2 atom stereocenters. The molecule has 0 aliphatic carbocycles. The predicted octanol–water partition coefficient (Wildman–Crippen LogP) is 9.85. The van der Waals surface area contributed by atoms with E-state index in [4.69, 9.17) is 9.47 Å². The summed E-state index contributed by atoms with van der Waals surface area (Å²) >= 11 is 1.27. The summed E-state index contributed by atoms with van der Waals surface area (Å²) in [5.74, 6) is -4.17. The van der Waals surface area contributed by atoms with E-state index in [1.807, 2.05) is 0 Å². The molecule has 0 bridgehead atoms. The molecule has 2 aromatic carbocycles. The highest BCUT2D eigenvalue weighted by molar-refractivity contribution is 7.88. The van der Waals surface area contributed by atoms with Crippen molar-refractivity contribution in [2.24, 2.45) is 0 Å². The molecule has 22 heteroatoms. The zero-order valence-electron chi connectivity index (χ0n) is 31.5. The van der Waals surface area contributed by atoms with Crippen LogP contribution in [-0.4, -0.2) is 57.9 Å². The van der Waals surface area contributed by atoms with Crippen molar-refractivity contribution in [2.75, 3.05) is 0 Å². The average Bonchev–Trinajstić information content (AvgIpc) is 3.97. The van der Waals surface area contributed by atoms with Crippen LogP contribution in [0.3, 0.4) is 0 Å². The molecule has 0 saturated carbocycles. The van der Waals surface area contributed by atoms with Crippen molar-refractivity contribution in [3.63, 3.8) is 0 Å². The zero-order chi connectivity index (χ0) is 43.5. The molecular weight excluding hydrogens is 895 g/mol. The lowest BCUT2D eigenvalue weighted by atomic mass is 9.90. The van der Waals surface area contributed by atoms with Gasteiger partial charge in [-0.1, -0.05) is 79.9 Å². The van der Waals surface area contributed by atoms with Crippen molar-refractivity contribution < 1.29 is 61.8 Å². The van der Waals surface area contributed by atoms with Crippen LogP contribution < -0.4 is 9.47 Å². The van der Waals surface area contributed by atoms with E-state index in [2.05, 4.69) is 10.2 Å². The third-order valence-electron chi connectivity index (χ3n) is 10.5. The Bertz CT molecular complexity index is 2610. The lowest BCUT2D eigenvalue weighted by Crippen LogP contribution is -2.24. The SMILES string of the molecule is O=S(=O)(O)c1cc2c(s1)-c1c(c(C(CCCCCC(c3nn(Cc4ccccc4)c4c3COc3cc(S(=O)(=O)O)sc3-4)C(F)(F)F)C(F)(F)F)nn1Cc1ccccc1)CO2.